The van der Waals surface area contributed by atoms with Crippen LogP contribution in [0.2, 0.25) is 0 Å². The van der Waals surface area contributed by atoms with Gasteiger partial charge in [-0.1, -0.05) is 0 Å². The van der Waals surface area contributed by atoms with Crippen molar-refractivity contribution in [3.63, 3.8) is 0 Å². The molecule has 1 aliphatic heterocycles. The molecule has 7 heteroatoms. The van der Waals surface area contributed by atoms with Gasteiger partial charge in [-0.15, -0.1) is 0 Å². The number of fused-ring (bicyclic) bond motifs is 1. The van der Waals surface area contributed by atoms with Crippen molar-refractivity contribution >= 4 is 16.9 Å². The molecular weight excluding hydrogens is 303 g/mol. The number of aliphatic hydroxyl groups excluding tert-OH is 1. The van der Waals surface area contributed by atoms with Crippen molar-refractivity contribution < 1.29 is 19.4 Å². The van der Waals surface area contributed by atoms with Gasteiger partial charge in [-0.2, -0.15) is 0 Å². The van der Waals surface area contributed by atoms with Crippen LogP contribution >= 0.6 is 0 Å². The first-order valence-corrected chi connectivity index (χ1v) is 7.39. The molecule has 1 fully saturated rings. The van der Waals surface area contributed by atoms with E-state index in [1.165, 1.54) is 24.3 Å². The number of carboxylic acid groups (broad SMARTS) is 1. The van der Waals surface area contributed by atoms with Crippen LogP contribution in [0.5, 0.6) is 0 Å². The second kappa shape index (κ2) is 6.10. The molecule has 0 amide bonds. The number of nitrogens with one attached hydrogen (secondary N) is 1. The molecule has 0 unspecified atom stereocenters. The summed E-state index contributed by atoms with van der Waals surface area (Å²) in [5.41, 5.74) is 0.899. The smallest absolute Gasteiger partial charge is 0.310 e. The average molecular weight is 320 g/mol. The monoisotopic (exact) mass is 320 g/mol. The second-order valence-electron chi connectivity index (χ2n) is 5.88. The summed E-state index contributed by atoms with van der Waals surface area (Å²) >= 11 is 0. The Hall–Kier alpha value is -2.25. The van der Waals surface area contributed by atoms with Crippen molar-refractivity contribution in [2.45, 2.75) is 19.1 Å². The predicted molar refractivity (Wildman–Crippen MR) is 81.6 cm³/mol. The minimum Gasteiger partial charge on any atom is -0.481 e. The summed E-state index contributed by atoms with van der Waals surface area (Å²) in [4.78, 5) is 28.2. The van der Waals surface area contributed by atoms with Gasteiger partial charge in [0.1, 0.15) is 5.82 Å². The number of H-pyrrole nitrogens is 1. The number of hydrogen-bond donors (Lipinski definition) is 3. The Balaban J connectivity index is 1.83. The molecule has 0 aliphatic carbocycles. The van der Waals surface area contributed by atoms with Gasteiger partial charge in [0.15, 0.2) is 5.43 Å². The minimum absolute atomic E-state index is 0.222. The Bertz CT molecular complexity index is 804. The van der Waals surface area contributed by atoms with Gasteiger partial charge in [0.2, 0.25) is 0 Å². The lowest BCUT2D eigenvalue weighted by Gasteiger charge is -2.33. The normalized spacial score (nSPS) is 22.3. The Morgan fingerprint density at radius 2 is 2.17 bits per heavy atom. The highest BCUT2D eigenvalue weighted by Crippen LogP contribution is 2.19. The molecule has 1 aliphatic rings. The quantitative estimate of drug-likeness (QED) is 0.782. The molecule has 0 spiro atoms. The maximum Gasteiger partial charge on any atom is 0.310 e. The van der Waals surface area contributed by atoms with Crippen LogP contribution in [0.25, 0.3) is 10.9 Å². The van der Waals surface area contributed by atoms with Crippen molar-refractivity contribution in [3.8, 4) is 0 Å². The average Bonchev–Trinajstić information content (AvgIpc) is 2.50. The summed E-state index contributed by atoms with van der Waals surface area (Å²) in [6, 6.07) is 5.38. The van der Waals surface area contributed by atoms with Crippen LogP contribution < -0.4 is 5.43 Å². The highest BCUT2D eigenvalue weighted by Gasteiger charge is 2.33. The molecule has 2 aromatic rings. The van der Waals surface area contributed by atoms with E-state index in [9.17, 15) is 19.1 Å². The van der Waals surface area contributed by atoms with Gasteiger partial charge in [0, 0.05) is 42.3 Å². The first kappa shape index (κ1) is 15.6. The Kier molecular flexibility index (Phi) is 4.14. The van der Waals surface area contributed by atoms with Crippen LogP contribution in [0.1, 0.15) is 12.1 Å². The fourth-order valence-corrected chi connectivity index (χ4v) is 2.99. The lowest BCUT2D eigenvalue weighted by molar-refractivity contribution is -0.149. The number of rotatable bonds is 3. The highest BCUT2D eigenvalue weighted by atomic mass is 19.1. The molecule has 3 rings (SSSR count). The maximum absolute atomic E-state index is 13.2. The third kappa shape index (κ3) is 3.25. The Labute approximate surface area is 131 Å². The molecule has 1 saturated heterocycles. The van der Waals surface area contributed by atoms with Gasteiger partial charge in [-0.05, 0) is 24.6 Å². The molecule has 0 radical (unpaired) electrons. The number of aromatic amines is 1. The number of nitrogens with zero attached hydrogens (tertiary/aromatic N) is 1. The van der Waals surface area contributed by atoms with Crippen LogP contribution in [0.4, 0.5) is 4.39 Å². The summed E-state index contributed by atoms with van der Waals surface area (Å²) in [6.45, 7) is 1.15. The number of carboxylic acids is 1. The molecular formula is C16H17FN2O4. The zero-order valence-electron chi connectivity index (χ0n) is 12.3. The predicted octanol–water partition coefficient (Wildman–Crippen LogP) is 0.935. The maximum atomic E-state index is 13.2. The van der Waals surface area contributed by atoms with Gasteiger partial charge in [-0.3, -0.25) is 14.5 Å². The SMILES string of the molecule is O=C(O)[C@@H]1CN(Cc2cc(=O)c3cc(F)ccc3[nH]2)CC[C@@H]1O. The third-order valence-corrected chi connectivity index (χ3v) is 4.22. The van der Waals surface area contributed by atoms with E-state index in [1.54, 1.807) is 0 Å². The van der Waals surface area contributed by atoms with Crippen LogP contribution in [0, 0.1) is 11.7 Å². The third-order valence-electron chi connectivity index (χ3n) is 4.22. The van der Waals surface area contributed by atoms with Crippen LogP contribution in [-0.4, -0.2) is 45.3 Å². The van der Waals surface area contributed by atoms with Crippen molar-refractivity contribution in [2.75, 3.05) is 13.1 Å². The van der Waals surface area contributed by atoms with E-state index in [1.807, 2.05) is 4.90 Å². The molecule has 3 N–H and O–H groups in total. The van der Waals surface area contributed by atoms with E-state index >= 15 is 0 Å². The molecule has 122 valence electrons. The van der Waals surface area contributed by atoms with Crippen molar-refractivity contribution in [2.24, 2.45) is 5.92 Å². The van der Waals surface area contributed by atoms with Crippen LogP contribution in [0.15, 0.2) is 29.1 Å². The van der Waals surface area contributed by atoms with E-state index in [0.29, 0.717) is 30.7 Å². The molecule has 2 atom stereocenters. The van der Waals surface area contributed by atoms with E-state index in [0.717, 1.165) is 0 Å². The van der Waals surface area contributed by atoms with Crippen molar-refractivity contribution in [3.05, 3.63) is 46.0 Å². The van der Waals surface area contributed by atoms with Crippen LogP contribution in [-0.2, 0) is 11.3 Å². The van der Waals surface area contributed by atoms with E-state index in [-0.39, 0.29) is 17.4 Å². The molecule has 1 aromatic heterocycles. The van der Waals surface area contributed by atoms with Gasteiger partial charge in [0.25, 0.3) is 0 Å². The summed E-state index contributed by atoms with van der Waals surface area (Å²) in [6.07, 6.45) is -0.470. The molecule has 2 heterocycles. The standard InChI is InChI=1S/C16H17FN2O4/c17-9-1-2-13-11(5-9)15(21)6-10(18-13)7-19-4-3-14(20)12(8-19)16(22)23/h1-2,5-6,12,14,20H,3-4,7-8H2,(H,18,21)(H,22,23)/t12-,14+/m1/s1. The van der Waals surface area contributed by atoms with E-state index in [2.05, 4.69) is 4.98 Å². The lowest BCUT2D eigenvalue weighted by atomic mass is 9.95. The van der Waals surface area contributed by atoms with Crippen molar-refractivity contribution in [1.29, 1.82) is 0 Å². The number of aliphatic hydroxyl groups is 1. The summed E-state index contributed by atoms with van der Waals surface area (Å²) in [5.74, 6) is -2.32. The number of hydrogen-bond acceptors (Lipinski definition) is 4. The fourth-order valence-electron chi connectivity index (χ4n) is 2.99. The number of aliphatic carboxylic acids is 1. The first-order chi connectivity index (χ1) is 10.9. The van der Waals surface area contributed by atoms with E-state index in [4.69, 9.17) is 5.11 Å². The van der Waals surface area contributed by atoms with Gasteiger partial charge in [-0.25, -0.2) is 4.39 Å². The number of pyridine rings is 1. The largest absolute Gasteiger partial charge is 0.481 e. The van der Waals surface area contributed by atoms with Crippen LogP contribution in [0.3, 0.4) is 0 Å². The summed E-state index contributed by atoms with van der Waals surface area (Å²) in [7, 11) is 0. The zero-order chi connectivity index (χ0) is 16.6. The number of likely N-dealkylation sites (tertiary alicyclic amines) is 1. The van der Waals surface area contributed by atoms with E-state index < -0.39 is 23.8 Å². The van der Waals surface area contributed by atoms with Gasteiger partial charge in [0.05, 0.1) is 12.0 Å². The lowest BCUT2D eigenvalue weighted by Crippen LogP contribution is -2.46. The number of carbonyl (C=O) groups is 1. The van der Waals surface area contributed by atoms with Gasteiger partial charge >= 0.3 is 5.97 Å². The van der Waals surface area contributed by atoms with Crippen molar-refractivity contribution in [1.82, 2.24) is 9.88 Å². The topological polar surface area (TPSA) is 93.6 Å². The number of piperidine rings is 1. The molecule has 23 heavy (non-hydrogen) atoms. The molecule has 0 saturated carbocycles. The Morgan fingerprint density at radius 1 is 1.39 bits per heavy atom. The number of halogens is 1. The molecule has 0 bridgehead atoms. The zero-order valence-corrected chi connectivity index (χ0v) is 12.3. The molecule has 1 aromatic carbocycles. The molecule has 6 nitrogen and oxygen atoms in total. The highest BCUT2D eigenvalue weighted by molar-refractivity contribution is 5.78. The summed E-state index contributed by atoms with van der Waals surface area (Å²) in [5, 5.41) is 19.1. The number of benzene rings is 1. The first-order valence-electron chi connectivity index (χ1n) is 7.39. The number of aromatic nitrogens is 1. The fraction of sp³-hybridized carbons (Fsp3) is 0.375. The van der Waals surface area contributed by atoms with Gasteiger partial charge < -0.3 is 15.2 Å². The minimum atomic E-state index is -1.02. The second-order valence-corrected chi connectivity index (χ2v) is 5.88. The summed E-state index contributed by atoms with van der Waals surface area (Å²) < 4.78 is 13.2. The Morgan fingerprint density at radius 3 is 2.91 bits per heavy atom.